The van der Waals surface area contributed by atoms with Gasteiger partial charge in [-0.25, -0.2) is 4.98 Å². The molecule has 2 aliphatic heterocycles. The molecule has 2 aromatic heterocycles. The summed E-state index contributed by atoms with van der Waals surface area (Å²) in [5.41, 5.74) is 2.99. The Bertz CT molecular complexity index is 589. The molecule has 0 saturated carbocycles. The number of pyridine rings is 1. The maximum Gasteiger partial charge on any atom is 0.152 e. The molecule has 0 aliphatic carbocycles. The molecule has 18 heavy (non-hydrogen) atoms. The van der Waals surface area contributed by atoms with E-state index in [0.717, 1.165) is 28.6 Å². The number of rotatable bonds is 1. The highest BCUT2D eigenvalue weighted by Gasteiger charge is 2.38. The van der Waals surface area contributed by atoms with Crippen molar-refractivity contribution in [2.75, 3.05) is 6.54 Å². The number of hydrogen-bond acceptors (Lipinski definition) is 3. The first-order valence-electron chi connectivity index (χ1n) is 6.94. The van der Waals surface area contributed by atoms with Crippen molar-refractivity contribution in [3.05, 3.63) is 29.7 Å². The number of aryl methyl sites for hydroxylation is 1. The van der Waals surface area contributed by atoms with Crippen LogP contribution in [0.4, 0.5) is 0 Å². The molecule has 0 aromatic carbocycles. The van der Waals surface area contributed by atoms with Crippen LogP contribution in [0.5, 0.6) is 0 Å². The minimum atomic E-state index is 0.493. The van der Waals surface area contributed by atoms with E-state index in [1.807, 2.05) is 19.1 Å². The van der Waals surface area contributed by atoms with Crippen LogP contribution < -0.4 is 0 Å². The maximum absolute atomic E-state index is 6.01. The molecule has 2 atom stereocenters. The monoisotopic (exact) mass is 242 g/mol. The Balaban J connectivity index is 1.74. The molecule has 4 heterocycles. The van der Waals surface area contributed by atoms with E-state index in [1.54, 1.807) is 0 Å². The first-order chi connectivity index (χ1) is 8.81. The van der Waals surface area contributed by atoms with Crippen molar-refractivity contribution in [2.45, 2.75) is 44.7 Å². The second-order valence-electron chi connectivity index (χ2n) is 5.61. The van der Waals surface area contributed by atoms with Gasteiger partial charge in [0.25, 0.3) is 0 Å². The molecular formula is C15H18N2O. The number of fused-ring (bicyclic) bond motifs is 2. The van der Waals surface area contributed by atoms with E-state index in [0.29, 0.717) is 6.04 Å². The fourth-order valence-corrected chi connectivity index (χ4v) is 3.61. The average molecular weight is 242 g/mol. The van der Waals surface area contributed by atoms with Crippen LogP contribution in [0, 0.1) is 6.92 Å². The van der Waals surface area contributed by atoms with Crippen molar-refractivity contribution in [1.82, 2.24) is 9.88 Å². The Morgan fingerprint density at radius 3 is 3.17 bits per heavy atom. The lowest BCUT2D eigenvalue weighted by Gasteiger charge is -2.21. The van der Waals surface area contributed by atoms with Gasteiger partial charge in [0.1, 0.15) is 11.3 Å². The average Bonchev–Trinajstić information content (AvgIpc) is 3.00. The van der Waals surface area contributed by atoms with Crippen molar-refractivity contribution in [1.29, 1.82) is 0 Å². The summed E-state index contributed by atoms with van der Waals surface area (Å²) in [7, 11) is 0. The van der Waals surface area contributed by atoms with Crippen LogP contribution in [0.1, 0.15) is 43.2 Å². The van der Waals surface area contributed by atoms with Crippen LogP contribution in [-0.4, -0.2) is 22.5 Å². The summed E-state index contributed by atoms with van der Waals surface area (Å²) in [5, 5.41) is 0. The lowest BCUT2D eigenvalue weighted by molar-refractivity contribution is 0.225. The van der Waals surface area contributed by atoms with E-state index in [4.69, 9.17) is 4.42 Å². The van der Waals surface area contributed by atoms with E-state index in [-0.39, 0.29) is 0 Å². The zero-order chi connectivity index (χ0) is 12.1. The third-order valence-electron chi connectivity index (χ3n) is 4.46. The molecule has 94 valence electrons. The topological polar surface area (TPSA) is 29.3 Å². The lowest BCUT2D eigenvalue weighted by atomic mass is 10.1. The van der Waals surface area contributed by atoms with Gasteiger partial charge < -0.3 is 4.42 Å². The zero-order valence-corrected chi connectivity index (χ0v) is 10.7. The van der Waals surface area contributed by atoms with Gasteiger partial charge in [-0.1, -0.05) is 0 Å². The van der Waals surface area contributed by atoms with E-state index in [2.05, 4.69) is 16.0 Å². The normalized spacial score (nSPS) is 28.1. The van der Waals surface area contributed by atoms with Crippen LogP contribution >= 0.6 is 0 Å². The Hall–Kier alpha value is -1.35. The summed E-state index contributed by atoms with van der Waals surface area (Å²) in [4.78, 5) is 7.17. The first-order valence-corrected chi connectivity index (χ1v) is 6.94. The summed E-state index contributed by atoms with van der Waals surface area (Å²) in [5.74, 6) is 1.12. The summed E-state index contributed by atoms with van der Waals surface area (Å²) < 4.78 is 6.01. The van der Waals surface area contributed by atoms with Crippen LogP contribution in [0.2, 0.25) is 0 Å². The van der Waals surface area contributed by atoms with Gasteiger partial charge in [-0.3, -0.25) is 4.90 Å². The van der Waals surface area contributed by atoms with Crippen LogP contribution in [0.25, 0.3) is 11.1 Å². The number of aromatic nitrogens is 1. The second kappa shape index (κ2) is 3.82. The summed E-state index contributed by atoms with van der Waals surface area (Å²) >= 11 is 0. The quantitative estimate of drug-likeness (QED) is 0.767. The van der Waals surface area contributed by atoms with Crippen LogP contribution in [0.15, 0.2) is 22.6 Å². The fraction of sp³-hybridized carbons (Fsp3) is 0.533. The Labute approximate surface area is 107 Å². The highest BCUT2D eigenvalue weighted by Crippen LogP contribution is 2.42. The van der Waals surface area contributed by atoms with Gasteiger partial charge in [-0.2, -0.15) is 0 Å². The van der Waals surface area contributed by atoms with E-state index in [1.165, 1.54) is 32.2 Å². The smallest absolute Gasteiger partial charge is 0.152 e. The number of furan rings is 1. The molecule has 2 fully saturated rings. The fourth-order valence-electron chi connectivity index (χ4n) is 3.61. The van der Waals surface area contributed by atoms with Crippen molar-refractivity contribution in [3.63, 3.8) is 0 Å². The molecule has 0 bridgehead atoms. The van der Waals surface area contributed by atoms with Gasteiger partial charge in [-0.15, -0.1) is 0 Å². The molecule has 2 aliphatic rings. The Kier molecular flexibility index (Phi) is 2.24. The highest BCUT2D eigenvalue weighted by atomic mass is 16.3. The molecule has 0 N–H and O–H groups in total. The van der Waals surface area contributed by atoms with Crippen molar-refractivity contribution < 1.29 is 4.42 Å². The number of nitrogens with zero attached hydrogens (tertiary/aromatic N) is 2. The summed E-state index contributed by atoms with van der Waals surface area (Å²) in [6.45, 7) is 3.26. The van der Waals surface area contributed by atoms with Crippen molar-refractivity contribution in [3.8, 4) is 0 Å². The predicted molar refractivity (Wildman–Crippen MR) is 70.4 cm³/mol. The minimum absolute atomic E-state index is 0.493. The minimum Gasteiger partial charge on any atom is -0.458 e. The second-order valence-corrected chi connectivity index (χ2v) is 5.61. The molecule has 3 heteroatoms. The summed E-state index contributed by atoms with van der Waals surface area (Å²) in [6.07, 6.45) is 5.28. The highest BCUT2D eigenvalue weighted by molar-refractivity contribution is 5.73. The van der Waals surface area contributed by atoms with Gasteiger partial charge in [0.2, 0.25) is 0 Å². The Morgan fingerprint density at radius 2 is 2.22 bits per heavy atom. The Morgan fingerprint density at radius 1 is 1.28 bits per heavy atom. The van der Waals surface area contributed by atoms with Gasteiger partial charge in [0, 0.05) is 17.8 Å². The molecule has 2 aromatic rings. The van der Waals surface area contributed by atoms with E-state index >= 15 is 0 Å². The molecule has 3 nitrogen and oxygen atoms in total. The SMILES string of the molecule is Cc1ccc2oc(C3CCC4CCCN43)cc2n1. The van der Waals surface area contributed by atoms with E-state index < -0.39 is 0 Å². The zero-order valence-electron chi connectivity index (χ0n) is 10.7. The molecule has 0 radical (unpaired) electrons. The van der Waals surface area contributed by atoms with Gasteiger partial charge in [0.15, 0.2) is 5.58 Å². The molecule has 2 saturated heterocycles. The standard InChI is InChI=1S/C15H18N2O/c1-10-4-7-14-12(16-10)9-15(18-14)13-6-5-11-3-2-8-17(11)13/h4,7,9,11,13H,2-3,5-6,8H2,1H3. The van der Waals surface area contributed by atoms with Gasteiger partial charge in [0.05, 0.1) is 6.04 Å². The first kappa shape index (κ1) is 10.6. The van der Waals surface area contributed by atoms with Crippen molar-refractivity contribution in [2.24, 2.45) is 0 Å². The predicted octanol–water partition coefficient (Wildman–Crippen LogP) is 3.44. The van der Waals surface area contributed by atoms with Gasteiger partial charge >= 0.3 is 0 Å². The maximum atomic E-state index is 6.01. The molecule has 0 spiro atoms. The van der Waals surface area contributed by atoms with Crippen molar-refractivity contribution >= 4 is 11.1 Å². The molecule has 4 rings (SSSR count). The molecule has 2 unspecified atom stereocenters. The lowest BCUT2D eigenvalue weighted by Crippen LogP contribution is -2.25. The number of hydrogen-bond donors (Lipinski definition) is 0. The third-order valence-corrected chi connectivity index (χ3v) is 4.46. The van der Waals surface area contributed by atoms with Gasteiger partial charge in [-0.05, 0) is 51.3 Å². The van der Waals surface area contributed by atoms with Crippen LogP contribution in [-0.2, 0) is 0 Å². The molecular weight excluding hydrogens is 224 g/mol. The molecule has 0 amide bonds. The summed E-state index contributed by atoms with van der Waals surface area (Å²) in [6, 6.07) is 7.50. The largest absolute Gasteiger partial charge is 0.458 e. The van der Waals surface area contributed by atoms with Crippen LogP contribution in [0.3, 0.4) is 0 Å². The van der Waals surface area contributed by atoms with E-state index in [9.17, 15) is 0 Å². The third kappa shape index (κ3) is 1.50.